The molecule has 22 heavy (non-hydrogen) atoms. The molecule has 0 saturated carbocycles. The Hall–Kier alpha value is -1.61. The first kappa shape index (κ1) is 16.8. The van der Waals surface area contributed by atoms with E-state index in [1.807, 2.05) is 0 Å². The number of β-amino-alcohol motifs (C(OH)–C–C–N with tert-alkyl or cyclic N) is 1. The molecule has 1 aliphatic rings. The van der Waals surface area contributed by atoms with Gasteiger partial charge in [-0.15, -0.1) is 0 Å². The van der Waals surface area contributed by atoms with Crippen molar-refractivity contribution >= 4 is 0 Å². The summed E-state index contributed by atoms with van der Waals surface area (Å²) in [6, 6.07) is 9.67. The van der Waals surface area contributed by atoms with E-state index >= 15 is 0 Å². The molecule has 2 rings (SSSR count). The molecule has 0 aliphatic carbocycles. The third kappa shape index (κ3) is 4.99. The number of benzene rings is 1. The molecule has 5 nitrogen and oxygen atoms in total. The van der Waals surface area contributed by atoms with Gasteiger partial charge in [0.1, 0.15) is 18.5 Å². The monoisotopic (exact) mass is 303 g/mol. The highest BCUT2D eigenvalue weighted by molar-refractivity contribution is 5.34. The molecular formula is C17H25N3O2. The third-order valence-electron chi connectivity index (χ3n) is 4.18. The predicted molar refractivity (Wildman–Crippen MR) is 85.8 cm³/mol. The van der Waals surface area contributed by atoms with Crippen LogP contribution in [0.3, 0.4) is 0 Å². The van der Waals surface area contributed by atoms with Crippen LogP contribution in [0.5, 0.6) is 5.75 Å². The number of nitriles is 1. The number of aliphatic hydroxyl groups excluding tert-OH is 1. The van der Waals surface area contributed by atoms with E-state index in [0.29, 0.717) is 23.9 Å². The number of aliphatic hydroxyl groups is 1. The van der Waals surface area contributed by atoms with Crippen LogP contribution in [0.1, 0.15) is 18.4 Å². The number of hydrogen-bond donors (Lipinski definition) is 1. The average Bonchev–Trinajstić information content (AvgIpc) is 2.54. The maximum absolute atomic E-state index is 10.1. The fraction of sp³-hybridized carbons (Fsp3) is 0.588. The molecule has 0 bridgehead atoms. The Bertz CT molecular complexity index is 488. The number of piperidine rings is 1. The van der Waals surface area contributed by atoms with E-state index in [-0.39, 0.29) is 6.61 Å². The van der Waals surface area contributed by atoms with Crippen molar-refractivity contribution in [2.45, 2.75) is 25.0 Å². The summed E-state index contributed by atoms with van der Waals surface area (Å²) in [7, 11) is 4.25. The first-order valence-electron chi connectivity index (χ1n) is 7.78. The van der Waals surface area contributed by atoms with E-state index in [1.165, 1.54) is 0 Å². The first-order chi connectivity index (χ1) is 10.6. The number of ether oxygens (including phenoxy) is 1. The Morgan fingerprint density at radius 3 is 2.50 bits per heavy atom. The van der Waals surface area contributed by atoms with E-state index in [9.17, 15) is 5.11 Å². The van der Waals surface area contributed by atoms with Crippen molar-refractivity contribution in [3.05, 3.63) is 29.8 Å². The van der Waals surface area contributed by atoms with Crippen molar-refractivity contribution in [1.29, 1.82) is 5.26 Å². The summed E-state index contributed by atoms with van der Waals surface area (Å²) in [6.45, 7) is 2.98. The lowest BCUT2D eigenvalue weighted by molar-refractivity contribution is 0.0506. The Morgan fingerprint density at radius 1 is 1.32 bits per heavy atom. The second-order valence-electron chi connectivity index (χ2n) is 6.10. The van der Waals surface area contributed by atoms with Gasteiger partial charge in [-0.1, -0.05) is 0 Å². The van der Waals surface area contributed by atoms with Gasteiger partial charge >= 0.3 is 0 Å². The smallest absolute Gasteiger partial charge is 0.119 e. The largest absolute Gasteiger partial charge is 0.491 e. The molecule has 1 heterocycles. The van der Waals surface area contributed by atoms with Crippen LogP contribution in [0.2, 0.25) is 0 Å². The maximum atomic E-state index is 10.1. The van der Waals surface area contributed by atoms with E-state index in [1.54, 1.807) is 24.3 Å². The molecule has 5 heteroatoms. The number of rotatable bonds is 6. The average molecular weight is 303 g/mol. The zero-order valence-corrected chi connectivity index (χ0v) is 13.4. The molecule has 1 aliphatic heterocycles. The molecule has 0 aromatic heterocycles. The Labute approximate surface area is 132 Å². The number of hydrogen-bond acceptors (Lipinski definition) is 5. The highest BCUT2D eigenvalue weighted by atomic mass is 16.5. The summed E-state index contributed by atoms with van der Waals surface area (Å²) in [4.78, 5) is 4.58. The summed E-state index contributed by atoms with van der Waals surface area (Å²) in [5, 5.41) is 18.9. The minimum atomic E-state index is -0.494. The van der Waals surface area contributed by atoms with Crippen LogP contribution in [-0.2, 0) is 0 Å². The van der Waals surface area contributed by atoms with Gasteiger partial charge in [0, 0.05) is 12.6 Å². The van der Waals surface area contributed by atoms with Crippen LogP contribution < -0.4 is 4.74 Å². The van der Waals surface area contributed by atoms with Gasteiger partial charge in [0.05, 0.1) is 11.6 Å². The zero-order chi connectivity index (χ0) is 15.9. The van der Waals surface area contributed by atoms with Gasteiger partial charge in [-0.05, 0) is 64.3 Å². The molecular weight excluding hydrogens is 278 g/mol. The summed E-state index contributed by atoms with van der Waals surface area (Å²) >= 11 is 0. The lowest BCUT2D eigenvalue weighted by Crippen LogP contribution is -2.45. The third-order valence-corrected chi connectivity index (χ3v) is 4.18. The molecule has 1 atom stereocenters. The molecule has 0 amide bonds. The van der Waals surface area contributed by atoms with Crippen LogP contribution >= 0.6 is 0 Å². The van der Waals surface area contributed by atoms with Crippen molar-refractivity contribution in [1.82, 2.24) is 9.80 Å². The van der Waals surface area contributed by atoms with Crippen molar-refractivity contribution in [2.75, 3.05) is 40.3 Å². The lowest BCUT2D eigenvalue weighted by Gasteiger charge is -2.35. The van der Waals surface area contributed by atoms with Gasteiger partial charge in [-0.2, -0.15) is 5.26 Å². The molecule has 1 aromatic rings. The van der Waals surface area contributed by atoms with Crippen LogP contribution in [0.15, 0.2) is 24.3 Å². The minimum Gasteiger partial charge on any atom is -0.491 e. The van der Waals surface area contributed by atoms with Gasteiger partial charge in [-0.3, -0.25) is 0 Å². The van der Waals surface area contributed by atoms with Crippen LogP contribution in [-0.4, -0.2) is 67.4 Å². The van der Waals surface area contributed by atoms with E-state index in [0.717, 1.165) is 25.9 Å². The van der Waals surface area contributed by atoms with Gasteiger partial charge in [0.15, 0.2) is 0 Å². The fourth-order valence-corrected chi connectivity index (χ4v) is 2.79. The Kier molecular flexibility index (Phi) is 6.20. The summed E-state index contributed by atoms with van der Waals surface area (Å²) in [5.74, 6) is 0.685. The summed E-state index contributed by atoms with van der Waals surface area (Å²) < 4.78 is 5.57. The van der Waals surface area contributed by atoms with Gasteiger partial charge in [-0.25, -0.2) is 0 Å². The predicted octanol–water partition coefficient (Wildman–Crippen LogP) is 1.32. The minimum absolute atomic E-state index is 0.277. The molecule has 1 unspecified atom stereocenters. The molecule has 1 aromatic carbocycles. The van der Waals surface area contributed by atoms with Crippen molar-refractivity contribution < 1.29 is 9.84 Å². The SMILES string of the molecule is CN(C)C1CCN(CC(O)COc2ccc(C#N)cc2)CC1. The van der Waals surface area contributed by atoms with Crippen LogP contribution in [0.4, 0.5) is 0 Å². The number of nitrogens with zero attached hydrogens (tertiary/aromatic N) is 3. The lowest BCUT2D eigenvalue weighted by atomic mass is 10.0. The van der Waals surface area contributed by atoms with E-state index in [2.05, 4.69) is 30.0 Å². The molecule has 0 spiro atoms. The highest BCUT2D eigenvalue weighted by Gasteiger charge is 2.22. The summed E-state index contributed by atoms with van der Waals surface area (Å²) in [5.41, 5.74) is 0.608. The Morgan fingerprint density at radius 2 is 1.95 bits per heavy atom. The standard InChI is InChI=1S/C17H25N3O2/c1-19(2)15-7-9-20(10-8-15)12-16(21)13-22-17-5-3-14(11-18)4-6-17/h3-6,15-16,21H,7-10,12-13H2,1-2H3. The van der Waals surface area contributed by atoms with E-state index < -0.39 is 6.10 Å². The van der Waals surface area contributed by atoms with Gasteiger partial charge < -0.3 is 19.6 Å². The summed E-state index contributed by atoms with van der Waals surface area (Å²) in [6.07, 6.45) is 1.80. The van der Waals surface area contributed by atoms with Crippen molar-refractivity contribution in [2.24, 2.45) is 0 Å². The van der Waals surface area contributed by atoms with Crippen LogP contribution in [0, 0.1) is 11.3 Å². The topological polar surface area (TPSA) is 59.7 Å². The molecule has 1 fully saturated rings. The second kappa shape index (κ2) is 8.14. The van der Waals surface area contributed by atoms with Gasteiger partial charge in [0.2, 0.25) is 0 Å². The normalized spacial score (nSPS) is 18.1. The quantitative estimate of drug-likeness (QED) is 0.859. The highest BCUT2D eigenvalue weighted by Crippen LogP contribution is 2.15. The Balaban J connectivity index is 1.69. The molecule has 0 radical (unpaired) electrons. The van der Waals surface area contributed by atoms with Crippen molar-refractivity contribution in [3.8, 4) is 11.8 Å². The second-order valence-corrected chi connectivity index (χ2v) is 6.10. The molecule has 1 saturated heterocycles. The first-order valence-corrected chi connectivity index (χ1v) is 7.78. The maximum Gasteiger partial charge on any atom is 0.119 e. The van der Waals surface area contributed by atoms with Gasteiger partial charge in [0.25, 0.3) is 0 Å². The van der Waals surface area contributed by atoms with E-state index in [4.69, 9.17) is 10.00 Å². The number of likely N-dealkylation sites (tertiary alicyclic amines) is 1. The zero-order valence-electron chi connectivity index (χ0n) is 13.4. The molecule has 1 N–H and O–H groups in total. The molecule has 120 valence electrons. The fourth-order valence-electron chi connectivity index (χ4n) is 2.79. The van der Waals surface area contributed by atoms with Crippen LogP contribution in [0.25, 0.3) is 0 Å². The van der Waals surface area contributed by atoms with Crippen molar-refractivity contribution in [3.63, 3.8) is 0 Å².